The van der Waals surface area contributed by atoms with Crippen LogP contribution >= 0.6 is 11.8 Å². The van der Waals surface area contributed by atoms with Crippen LogP contribution in [0.25, 0.3) is 0 Å². The van der Waals surface area contributed by atoms with Crippen molar-refractivity contribution in [3.63, 3.8) is 0 Å². The molecule has 1 aliphatic heterocycles. The number of nitrogens with zero attached hydrogens (tertiary/aromatic N) is 1. The lowest BCUT2D eigenvalue weighted by Gasteiger charge is -2.28. The maximum Gasteiger partial charge on any atom is 0.127 e. The topological polar surface area (TPSA) is 29.3 Å². The largest absolute Gasteiger partial charge is 0.324 e. The molecule has 0 radical (unpaired) electrons. The third kappa shape index (κ3) is 4.70. The fourth-order valence-corrected chi connectivity index (χ4v) is 3.96. The van der Waals surface area contributed by atoms with Crippen molar-refractivity contribution in [2.24, 2.45) is 11.7 Å². The zero-order valence-electron chi connectivity index (χ0n) is 13.3. The van der Waals surface area contributed by atoms with Crippen LogP contribution in [0, 0.1) is 11.7 Å². The Morgan fingerprint density at radius 2 is 2.05 bits per heavy atom. The van der Waals surface area contributed by atoms with E-state index in [2.05, 4.69) is 25.7 Å². The highest BCUT2D eigenvalue weighted by atomic mass is 32.2. The van der Waals surface area contributed by atoms with E-state index >= 15 is 0 Å². The van der Waals surface area contributed by atoms with E-state index < -0.39 is 0 Å². The zero-order valence-corrected chi connectivity index (χ0v) is 14.1. The van der Waals surface area contributed by atoms with Gasteiger partial charge in [0, 0.05) is 35.2 Å². The molecule has 0 bridgehead atoms. The van der Waals surface area contributed by atoms with Gasteiger partial charge in [0.05, 0.1) is 0 Å². The summed E-state index contributed by atoms with van der Waals surface area (Å²) in [5.41, 5.74) is 6.91. The van der Waals surface area contributed by atoms with E-state index in [4.69, 9.17) is 5.73 Å². The molecule has 2 N–H and O–H groups in total. The molecule has 1 fully saturated rings. The van der Waals surface area contributed by atoms with Gasteiger partial charge in [-0.05, 0) is 24.9 Å². The van der Waals surface area contributed by atoms with Gasteiger partial charge in [-0.25, -0.2) is 4.39 Å². The quantitative estimate of drug-likeness (QED) is 0.920. The average molecular weight is 310 g/mol. The van der Waals surface area contributed by atoms with Gasteiger partial charge in [0.25, 0.3) is 0 Å². The lowest BCUT2D eigenvalue weighted by Crippen LogP contribution is -2.35. The molecule has 1 aromatic rings. The number of thioether (sulfide) groups is 1. The fourth-order valence-electron chi connectivity index (χ4n) is 2.82. The van der Waals surface area contributed by atoms with Crippen molar-refractivity contribution >= 4 is 11.8 Å². The van der Waals surface area contributed by atoms with Crippen LogP contribution in [0.15, 0.2) is 24.3 Å². The first-order valence-electron chi connectivity index (χ1n) is 7.75. The molecule has 118 valence electrons. The highest BCUT2D eigenvalue weighted by Gasteiger charge is 2.26. The van der Waals surface area contributed by atoms with Gasteiger partial charge in [-0.15, -0.1) is 0 Å². The summed E-state index contributed by atoms with van der Waals surface area (Å²) < 4.78 is 14.2. The number of hydrogen-bond acceptors (Lipinski definition) is 3. The normalized spacial score (nSPS) is 22.5. The molecule has 2 atom stereocenters. The third-order valence-corrected chi connectivity index (χ3v) is 5.73. The van der Waals surface area contributed by atoms with Crippen LogP contribution < -0.4 is 5.73 Å². The second-order valence-electron chi connectivity index (χ2n) is 6.68. The first-order valence-corrected chi connectivity index (χ1v) is 8.74. The minimum Gasteiger partial charge on any atom is -0.324 e. The molecule has 2 nitrogen and oxygen atoms in total. The highest BCUT2D eigenvalue weighted by molar-refractivity contribution is 8.00. The summed E-state index contributed by atoms with van der Waals surface area (Å²) in [6.07, 6.45) is 1.19. The Morgan fingerprint density at radius 1 is 1.33 bits per heavy atom. The number of nitrogens with two attached hydrogens (primary N) is 1. The van der Waals surface area contributed by atoms with Gasteiger partial charge in [0.2, 0.25) is 0 Å². The van der Waals surface area contributed by atoms with Crippen LogP contribution in [-0.2, 0) is 0 Å². The van der Waals surface area contributed by atoms with Crippen molar-refractivity contribution in [1.29, 1.82) is 0 Å². The summed E-state index contributed by atoms with van der Waals surface area (Å²) >= 11 is 2.05. The molecule has 2 rings (SSSR count). The maximum absolute atomic E-state index is 13.8. The smallest absolute Gasteiger partial charge is 0.127 e. The van der Waals surface area contributed by atoms with Gasteiger partial charge >= 0.3 is 0 Å². The molecule has 1 heterocycles. The molecular formula is C17H27FN2S. The molecule has 0 aromatic heterocycles. The molecule has 0 aliphatic carbocycles. The van der Waals surface area contributed by atoms with Gasteiger partial charge in [0.1, 0.15) is 5.82 Å². The fraction of sp³-hybridized carbons (Fsp3) is 0.647. The number of benzene rings is 1. The zero-order chi connectivity index (χ0) is 15.5. The van der Waals surface area contributed by atoms with Crippen molar-refractivity contribution in [2.45, 2.75) is 38.0 Å². The van der Waals surface area contributed by atoms with E-state index in [-0.39, 0.29) is 17.8 Å². The molecule has 1 aromatic carbocycles. The number of hydrogen-bond donors (Lipinski definition) is 1. The lowest BCUT2D eigenvalue weighted by molar-refractivity contribution is 0.229. The Kier molecular flexibility index (Phi) is 5.69. The monoisotopic (exact) mass is 310 g/mol. The molecule has 0 spiro atoms. The van der Waals surface area contributed by atoms with Crippen LogP contribution in [0.2, 0.25) is 0 Å². The predicted octanol–water partition coefficient (Wildman–Crippen LogP) is 3.68. The Bertz CT molecular complexity index is 464. The van der Waals surface area contributed by atoms with Gasteiger partial charge in [-0.2, -0.15) is 11.8 Å². The van der Waals surface area contributed by atoms with Gasteiger partial charge in [-0.1, -0.05) is 39.0 Å². The van der Waals surface area contributed by atoms with Crippen molar-refractivity contribution in [1.82, 2.24) is 4.90 Å². The molecule has 4 heteroatoms. The molecule has 21 heavy (non-hydrogen) atoms. The summed E-state index contributed by atoms with van der Waals surface area (Å²) in [5, 5.41) is 0. The Labute approximate surface area is 132 Å². The van der Waals surface area contributed by atoms with Crippen LogP contribution in [0.4, 0.5) is 4.39 Å². The van der Waals surface area contributed by atoms with Gasteiger partial charge < -0.3 is 10.6 Å². The van der Waals surface area contributed by atoms with Crippen molar-refractivity contribution in [3.8, 4) is 0 Å². The second-order valence-corrected chi connectivity index (χ2v) is 8.49. The number of rotatable bonds is 4. The van der Waals surface area contributed by atoms with E-state index in [0.29, 0.717) is 10.3 Å². The second kappa shape index (κ2) is 7.12. The Morgan fingerprint density at radius 3 is 2.76 bits per heavy atom. The minimum absolute atomic E-state index is 0.190. The first-order chi connectivity index (χ1) is 9.89. The van der Waals surface area contributed by atoms with Crippen LogP contribution in [0.3, 0.4) is 0 Å². The third-order valence-electron chi connectivity index (χ3n) is 4.35. The standard InChI is InChI=1S/C17H27FN2S/c1-13(16(19)14-6-4-5-7-15(14)18)12-20-9-8-17(2,3)21-11-10-20/h4-7,13,16H,8-12,19H2,1-3H3. The van der Waals surface area contributed by atoms with E-state index in [1.165, 1.54) is 12.5 Å². The van der Waals surface area contributed by atoms with Crippen LogP contribution in [0.5, 0.6) is 0 Å². The SMILES string of the molecule is CC(CN1CCSC(C)(C)CC1)C(N)c1ccccc1F. The maximum atomic E-state index is 13.8. The molecule has 0 amide bonds. The minimum atomic E-state index is -0.241. The number of halogens is 1. The molecule has 1 aliphatic rings. The average Bonchev–Trinajstić information content (AvgIpc) is 2.60. The van der Waals surface area contributed by atoms with Crippen LogP contribution in [-0.4, -0.2) is 35.0 Å². The predicted molar refractivity (Wildman–Crippen MR) is 90.1 cm³/mol. The molecule has 0 saturated carbocycles. The first kappa shape index (κ1) is 16.8. The lowest BCUT2D eigenvalue weighted by atomic mass is 9.94. The van der Waals surface area contributed by atoms with Crippen LogP contribution in [0.1, 0.15) is 38.8 Å². The summed E-state index contributed by atoms with van der Waals surface area (Å²) in [6, 6.07) is 6.63. The van der Waals surface area contributed by atoms with Gasteiger partial charge in [-0.3, -0.25) is 0 Å². The van der Waals surface area contributed by atoms with Crippen molar-refractivity contribution < 1.29 is 4.39 Å². The molecule has 2 unspecified atom stereocenters. The molecular weight excluding hydrogens is 283 g/mol. The van der Waals surface area contributed by atoms with E-state index in [9.17, 15) is 4.39 Å². The Hall–Kier alpha value is -0.580. The Balaban J connectivity index is 1.95. The van der Waals surface area contributed by atoms with Crippen molar-refractivity contribution in [3.05, 3.63) is 35.6 Å². The summed E-state index contributed by atoms with van der Waals surface area (Å²) in [7, 11) is 0. The van der Waals surface area contributed by atoms with E-state index in [0.717, 1.165) is 25.4 Å². The summed E-state index contributed by atoms with van der Waals surface area (Å²) in [4.78, 5) is 2.48. The molecule has 1 saturated heterocycles. The van der Waals surface area contributed by atoms with Gasteiger partial charge in [0.15, 0.2) is 0 Å². The summed E-state index contributed by atoms with van der Waals surface area (Å²) in [6.45, 7) is 9.90. The summed E-state index contributed by atoms with van der Waals surface area (Å²) in [5.74, 6) is 1.21. The highest BCUT2D eigenvalue weighted by Crippen LogP contribution is 2.31. The van der Waals surface area contributed by atoms with Crippen molar-refractivity contribution in [2.75, 3.05) is 25.4 Å². The van der Waals surface area contributed by atoms with E-state index in [1.807, 2.05) is 17.8 Å². The van der Waals surface area contributed by atoms with E-state index in [1.54, 1.807) is 12.1 Å².